The average Bonchev–Trinajstić information content (AvgIpc) is 2.86. The fourth-order valence-electron chi connectivity index (χ4n) is 2.36. The molecule has 0 fully saturated rings. The lowest BCUT2D eigenvalue weighted by Gasteiger charge is -2.02. The molecule has 3 nitrogen and oxygen atoms in total. The van der Waals surface area contributed by atoms with Crippen molar-refractivity contribution in [3.63, 3.8) is 0 Å². The Bertz CT molecular complexity index is 551. The zero-order valence-corrected chi connectivity index (χ0v) is 9.07. The maximum absolute atomic E-state index is 12.0. The molecular formula is C13H14N2O. The Hall–Kier alpha value is -1.77. The van der Waals surface area contributed by atoms with E-state index in [0.29, 0.717) is 6.54 Å². The fourth-order valence-corrected chi connectivity index (χ4v) is 2.36. The predicted octanol–water partition coefficient (Wildman–Crippen LogP) is 1.71. The van der Waals surface area contributed by atoms with Gasteiger partial charge in [-0.15, -0.1) is 0 Å². The van der Waals surface area contributed by atoms with Crippen LogP contribution in [0.25, 0.3) is 0 Å². The van der Waals surface area contributed by atoms with Crippen LogP contribution in [0, 0.1) is 0 Å². The summed E-state index contributed by atoms with van der Waals surface area (Å²) >= 11 is 0. The Labute approximate surface area is 93.7 Å². The van der Waals surface area contributed by atoms with Gasteiger partial charge in [-0.2, -0.15) is 0 Å². The Kier molecular flexibility index (Phi) is 2.17. The maximum Gasteiger partial charge on any atom is 0.270 e. The molecule has 82 valence electrons. The number of rotatable bonds is 2. The summed E-state index contributed by atoms with van der Waals surface area (Å²) in [6, 6.07) is 10.1. The van der Waals surface area contributed by atoms with Crippen molar-refractivity contribution in [2.45, 2.75) is 25.8 Å². The van der Waals surface area contributed by atoms with E-state index in [4.69, 9.17) is 0 Å². The highest BCUT2D eigenvalue weighted by Gasteiger charge is 2.18. The molecule has 2 aromatic rings. The van der Waals surface area contributed by atoms with E-state index < -0.39 is 0 Å². The summed E-state index contributed by atoms with van der Waals surface area (Å²) in [5, 5.41) is 3.21. The standard InChI is InChI=1S/C13H14N2O/c16-13-11-7-4-8-12(11)14-15(13)9-10-5-2-1-3-6-10/h1-3,5-6,14H,4,7-9H2. The van der Waals surface area contributed by atoms with E-state index >= 15 is 0 Å². The van der Waals surface area contributed by atoms with Crippen LogP contribution in [0.1, 0.15) is 23.2 Å². The minimum Gasteiger partial charge on any atom is -0.299 e. The van der Waals surface area contributed by atoms with Crippen molar-refractivity contribution in [3.05, 3.63) is 57.5 Å². The molecule has 0 saturated carbocycles. The van der Waals surface area contributed by atoms with Crippen molar-refractivity contribution in [1.82, 2.24) is 9.78 Å². The van der Waals surface area contributed by atoms with Gasteiger partial charge < -0.3 is 0 Å². The third kappa shape index (κ3) is 1.48. The van der Waals surface area contributed by atoms with Gasteiger partial charge in [0.1, 0.15) is 0 Å². The van der Waals surface area contributed by atoms with Crippen molar-refractivity contribution >= 4 is 0 Å². The normalized spacial score (nSPS) is 14.0. The SMILES string of the molecule is O=c1c2c([nH]n1Cc1ccccc1)CCC2. The quantitative estimate of drug-likeness (QED) is 0.812. The molecule has 0 saturated heterocycles. The second-order valence-electron chi connectivity index (χ2n) is 4.30. The molecule has 3 rings (SSSR count). The molecule has 1 aliphatic carbocycles. The molecule has 0 aliphatic heterocycles. The summed E-state index contributed by atoms with van der Waals surface area (Å²) in [5.41, 5.74) is 3.46. The van der Waals surface area contributed by atoms with Crippen LogP contribution in [0.5, 0.6) is 0 Å². The van der Waals surface area contributed by atoms with Crippen LogP contribution in [-0.2, 0) is 19.4 Å². The highest BCUT2D eigenvalue weighted by atomic mass is 16.1. The molecule has 0 atom stereocenters. The third-order valence-electron chi connectivity index (χ3n) is 3.17. The van der Waals surface area contributed by atoms with Crippen LogP contribution < -0.4 is 5.56 Å². The van der Waals surface area contributed by atoms with Crippen LogP contribution in [0.15, 0.2) is 35.1 Å². The lowest BCUT2D eigenvalue weighted by atomic mass is 10.2. The third-order valence-corrected chi connectivity index (χ3v) is 3.17. The zero-order chi connectivity index (χ0) is 11.0. The van der Waals surface area contributed by atoms with Crippen LogP contribution >= 0.6 is 0 Å². The smallest absolute Gasteiger partial charge is 0.270 e. The van der Waals surface area contributed by atoms with E-state index in [1.165, 1.54) is 0 Å². The number of aromatic nitrogens is 2. The molecule has 1 aromatic heterocycles. The number of aromatic amines is 1. The number of hydrogen-bond acceptors (Lipinski definition) is 1. The fraction of sp³-hybridized carbons (Fsp3) is 0.308. The molecule has 0 unspecified atom stereocenters. The minimum absolute atomic E-state index is 0.163. The minimum atomic E-state index is 0.163. The van der Waals surface area contributed by atoms with Crippen LogP contribution in [0.3, 0.4) is 0 Å². The molecule has 16 heavy (non-hydrogen) atoms. The molecule has 0 spiro atoms. The van der Waals surface area contributed by atoms with Gasteiger partial charge in [0.15, 0.2) is 0 Å². The predicted molar refractivity (Wildman–Crippen MR) is 62.6 cm³/mol. The average molecular weight is 214 g/mol. The van der Waals surface area contributed by atoms with Gasteiger partial charge in [0.2, 0.25) is 0 Å². The Morgan fingerprint density at radius 2 is 2.00 bits per heavy atom. The van der Waals surface area contributed by atoms with Gasteiger partial charge in [0, 0.05) is 11.3 Å². The largest absolute Gasteiger partial charge is 0.299 e. The van der Waals surface area contributed by atoms with Crippen LogP contribution in [0.2, 0.25) is 0 Å². The summed E-state index contributed by atoms with van der Waals surface area (Å²) in [6.07, 6.45) is 3.07. The molecule has 0 amide bonds. The van der Waals surface area contributed by atoms with E-state index in [2.05, 4.69) is 5.10 Å². The summed E-state index contributed by atoms with van der Waals surface area (Å²) in [4.78, 5) is 12.0. The molecule has 0 radical (unpaired) electrons. The van der Waals surface area contributed by atoms with Crippen LogP contribution in [0.4, 0.5) is 0 Å². The van der Waals surface area contributed by atoms with Gasteiger partial charge in [-0.1, -0.05) is 30.3 Å². The lowest BCUT2D eigenvalue weighted by molar-refractivity contribution is 0.641. The topological polar surface area (TPSA) is 37.8 Å². The first-order valence-electron chi connectivity index (χ1n) is 5.69. The van der Waals surface area contributed by atoms with E-state index in [9.17, 15) is 4.79 Å². The van der Waals surface area contributed by atoms with Crippen molar-refractivity contribution < 1.29 is 0 Å². The van der Waals surface area contributed by atoms with Gasteiger partial charge in [-0.05, 0) is 24.8 Å². The summed E-state index contributed by atoms with van der Waals surface area (Å²) in [6.45, 7) is 0.646. The number of nitrogens with zero attached hydrogens (tertiary/aromatic N) is 1. The highest BCUT2D eigenvalue weighted by molar-refractivity contribution is 5.23. The van der Waals surface area contributed by atoms with Gasteiger partial charge in [0.25, 0.3) is 5.56 Å². The first-order chi connectivity index (χ1) is 7.84. The zero-order valence-electron chi connectivity index (χ0n) is 9.07. The summed E-state index contributed by atoms with van der Waals surface area (Å²) < 4.78 is 1.72. The Morgan fingerprint density at radius 3 is 2.75 bits per heavy atom. The monoisotopic (exact) mass is 214 g/mol. The first-order valence-corrected chi connectivity index (χ1v) is 5.69. The van der Waals surface area contributed by atoms with E-state index in [1.54, 1.807) is 4.68 Å². The number of H-pyrrole nitrogens is 1. The summed E-state index contributed by atoms with van der Waals surface area (Å²) in [5.74, 6) is 0. The Morgan fingerprint density at radius 1 is 1.19 bits per heavy atom. The molecule has 1 N–H and O–H groups in total. The summed E-state index contributed by atoms with van der Waals surface area (Å²) in [7, 11) is 0. The Balaban J connectivity index is 1.94. The van der Waals surface area contributed by atoms with Crippen molar-refractivity contribution in [3.8, 4) is 0 Å². The first kappa shape index (κ1) is 9.46. The van der Waals surface area contributed by atoms with E-state index in [1.807, 2.05) is 30.3 Å². The number of fused-ring (bicyclic) bond motifs is 1. The van der Waals surface area contributed by atoms with Gasteiger partial charge in [-0.3, -0.25) is 9.89 Å². The van der Waals surface area contributed by atoms with Crippen molar-refractivity contribution in [2.24, 2.45) is 0 Å². The lowest BCUT2D eigenvalue weighted by Crippen LogP contribution is -2.19. The second kappa shape index (κ2) is 3.67. The number of nitrogens with one attached hydrogen (secondary N) is 1. The highest BCUT2D eigenvalue weighted by Crippen LogP contribution is 2.16. The van der Waals surface area contributed by atoms with Crippen molar-refractivity contribution in [2.75, 3.05) is 0 Å². The number of aryl methyl sites for hydroxylation is 1. The van der Waals surface area contributed by atoms with E-state index in [0.717, 1.165) is 36.1 Å². The second-order valence-corrected chi connectivity index (χ2v) is 4.30. The maximum atomic E-state index is 12.0. The van der Waals surface area contributed by atoms with Crippen LogP contribution in [-0.4, -0.2) is 9.78 Å². The van der Waals surface area contributed by atoms with Gasteiger partial charge in [0.05, 0.1) is 6.54 Å². The number of hydrogen-bond donors (Lipinski definition) is 1. The molecule has 1 aromatic carbocycles. The molecule has 1 aliphatic rings. The van der Waals surface area contributed by atoms with Gasteiger partial charge in [-0.25, -0.2) is 4.68 Å². The van der Waals surface area contributed by atoms with E-state index in [-0.39, 0.29) is 5.56 Å². The molecule has 3 heteroatoms. The molecular weight excluding hydrogens is 200 g/mol. The van der Waals surface area contributed by atoms with Crippen molar-refractivity contribution in [1.29, 1.82) is 0 Å². The molecule has 0 bridgehead atoms. The molecule has 1 heterocycles. The number of benzene rings is 1. The van der Waals surface area contributed by atoms with Gasteiger partial charge >= 0.3 is 0 Å².